The molecule has 1 aromatic carbocycles. The second-order valence-corrected chi connectivity index (χ2v) is 7.04. The van der Waals surface area contributed by atoms with E-state index in [-0.39, 0.29) is 5.91 Å². The molecule has 0 radical (unpaired) electrons. The highest BCUT2D eigenvalue weighted by Gasteiger charge is 2.11. The van der Waals surface area contributed by atoms with Gasteiger partial charge in [0.25, 0.3) is 0 Å². The van der Waals surface area contributed by atoms with Gasteiger partial charge in [-0.2, -0.15) is 10.2 Å². The van der Waals surface area contributed by atoms with Crippen LogP contribution in [0.3, 0.4) is 0 Å². The number of aromatic nitrogens is 3. The maximum atomic E-state index is 12.0. The molecule has 138 valence electrons. The van der Waals surface area contributed by atoms with Crippen molar-refractivity contribution in [1.29, 1.82) is 0 Å². The van der Waals surface area contributed by atoms with Crippen LogP contribution in [-0.4, -0.2) is 26.9 Å². The predicted octanol–water partition coefficient (Wildman–Crippen LogP) is 3.69. The molecular weight excluding hydrogens is 370 g/mol. The molecule has 0 atom stereocenters. The third-order valence-electron chi connectivity index (χ3n) is 4.01. The van der Waals surface area contributed by atoms with Crippen molar-refractivity contribution in [3.05, 3.63) is 89.0 Å². The Morgan fingerprint density at radius 2 is 2.04 bits per heavy atom. The highest BCUT2D eigenvalue weighted by molar-refractivity contribution is 7.10. The van der Waals surface area contributed by atoms with Crippen molar-refractivity contribution in [3.8, 4) is 16.9 Å². The highest BCUT2D eigenvalue weighted by Crippen LogP contribution is 2.21. The molecule has 0 bridgehead atoms. The van der Waals surface area contributed by atoms with Crippen molar-refractivity contribution in [1.82, 2.24) is 20.2 Å². The minimum absolute atomic E-state index is 0.155. The first kappa shape index (κ1) is 17.8. The largest absolute Gasteiger partial charge is 0.273 e. The quantitative estimate of drug-likeness (QED) is 0.405. The lowest BCUT2D eigenvalue weighted by molar-refractivity contribution is -0.120. The fourth-order valence-electron chi connectivity index (χ4n) is 2.71. The van der Waals surface area contributed by atoms with Crippen molar-refractivity contribution in [2.24, 2.45) is 5.10 Å². The smallest absolute Gasteiger partial charge is 0.245 e. The number of benzene rings is 1. The van der Waals surface area contributed by atoms with Crippen LogP contribution in [0.25, 0.3) is 16.9 Å². The molecular formula is C21H17N5OS. The van der Waals surface area contributed by atoms with Gasteiger partial charge in [0, 0.05) is 34.6 Å². The molecule has 0 saturated heterocycles. The van der Waals surface area contributed by atoms with Gasteiger partial charge in [0.2, 0.25) is 5.91 Å². The van der Waals surface area contributed by atoms with E-state index in [9.17, 15) is 4.79 Å². The zero-order valence-corrected chi connectivity index (χ0v) is 15.7. The zero-order valence-electron chi connectivity index (χ0n) is 14.9. The molecule has 6 nitrogen and oxygen atoms in total. The van der Waals surface area contributed by atoms with Gasteiger partial charge >= 0.3 is 0 Å². The molecule has 0 aliphatic carbocycles. The maximum Gasteiger partial charge on any atom is 0.245 e. The van der Waals surface area contributed by atoms with Gasteiger partial charge in [0.15, 0.2) is 0 Å². The van der Waals surface area contributed by atoms with Gasteiger partial charge in [-0.25, -0.2) is 10.1 Å². The Balaban J connectivity index is 1.58. The summed E-state index contributed by atoms with van der Waals surface area (Å²) in [6, 6.07) is 17.5. The van der Waals surface area contributed by atoms with Crippen LogP contribution in [0, 0.1) is 0 Å². The lowest BCUT2D eigenvalue weighted by atomic mass is 10.1. The van der Waals surface area contributed by atoms with Crippen LogP contribution >= 0.6 is 11.3 Å². The molecule has 3 heterocycles. The molecule has 3 aromatic heterocycles. The molecule has 0 fully saturated rings. The number of para-hydroxylation sites is 1. The Morgan fingerprint density at radius 3 is 2.79 bits per heavy atom. The van der Waals surface area contributed by atoms with E-state index in [1.54, 1.807) is 34.6 Å². The number of carbonyl (C=O) groups is 1. The molecule has 0 unspecified atom stereocenters. The Labute approximate surface area is 166 Å². The molecule has 0 aliphatic rings. The summed E-state index contributed by atoms with van der Waals surface area (Å²) in [7, 11) is 0. The first-order chi connectivity index (χ1) is 13.8. The molecule has 0 saturated carbocycles. The van der Waals surface area contributed by atoms with E-state index in [1.807, 2.05) is 66.2 Å². The number of thiophene rings is 1. The van der Waals surface area contributed by atoms with E-state index in [2.05, 4.69) is 20.6 Å². The second-order valence-electron chi connectivity index (χ2n) is 6.00. The molecule has 1 amide bonds. The number of hydrogen-bond acceptors (Lipinski definition) is 5. The summed E-state index contributed by atoms with van der Waals surface area (Å²) in [6.45, 7) is 0. The van der Waals surface area contributed by atoms with Gasteiger partial charge in [0.1, 0.15) is 5.69 Å². The van der Waals surface area contributed by atoms with E-state index in [1.165, 1.54) is 0 Å². The summed E-state index contributed by atoms with van der Waals surface area (Å²) in [5.41, 5.74) is 5.93. The summed E-state index contributed by atoms with van der Waals surface area (Å²) in [5.74, 6) is -0.155. The summed E-state index contributed by atoms with van der Waals surface area (Å²) in [5, 5.41) is 10.8. The number of amides is 1. The topological polar surface area (TPSA) is 72.2 Å². The lowest BCUT2D eigenvalue weighted by Crippen LogP contribution is -2.19. The predicted molar refractivity (Wildman–Crippen MR) is 111 cm³/mol. The fourth-order valence-corrected chi connectivity index (χ4v) is 3.41. The number of carbonyl (C=O) groups excluding carboxylic acids is 1. The standard InChI is InChI=1S/C21H17N5OS/c27-20(12-19-9-5-11-28-19)24-23-14-17-15-26(18-7-2-1-3-8-18)25-21(17)16-6-4-10-22-13-16/h1-11,13-15H,12H2,(H,24,27)/b23-14+. The maximum absolute atomic E-state index is 12.0. The number of hydrazone groups is 1. The molecule has 4 rings (SSSR count). The third-order valence-corrected chi connectivity index (χ3v) is 4.88. The Bertz CT molecular complexity index is 1070. The van der Waals surface area contributed by atoms with Gasteiger partial charge in [0.05, 0.1) is 18.3 Å². The molecule has 4 aromatic rings. The fraction of sp³-hybridized carbons (Fsp3) is 0.0476. The van der Waals surface area contributed by atoms with Crippen molar-refractivity contribution in [2.45, 2.75) is 6.42 Å². The molecule has 7 heteroatoms. The van der Waals surface area contributed by atoms with Crippen molar-refractivity contribution < 1.29 is 4.79 Å². The van der Waals surface area contributed by atoms with Gasteiger partial charge in [-0.3, -0.25) is 9.78 Å². The van der Waals surface area contributed by atoms with Crippen molar-refractivity contribution >= 4 is 23.5 Å². The first-order valence-corrected chi connectivity index (χ1v) is 9.57. The Hall–Kier alpha value is -3.58. The van der Waals surface area contributed by atoms with E-state index < -0.39 is 0 Å². The SMILES string of the molecule is O=C(Cc1cccs1)N/N=C/c1cn(-c2ccccc2)nc1-c1cccnc1. The average molecular weight is 387 g/mol. The van der Waals surface area contributed by atoms with Crippen LogP contribution in [0.5, 0.6) is 0 Å². The number of pyridine rings is 1. The summed E-state index contributed by atoms with van der Waals surface area (Å²) < 4.78 is 1.79. The average Bonchev–Trinajstić information content (AvgIpc) is 3.39. The Morgan fingerprint density at radius 1 is 1.14 bits per heavy atom. The van der Waals surface area contributed by atoms with Gasteiger partial charge < -0.3 is 0 Å². The molecule has 0 aliphatic heterocycles. The monoisotopic (exact) mass is 387 g/mol. The van der Waals surface area contributed by atoms with E-state index in [4.69, 9.17) is 0 Å². The minimum atomic E-state index is -0.155. The van der Waals surface area contributed by atoms with Gasteiger partial charge in [-0.05, 0) is 35.7 Å². The minimum Gasteiger partial charge on any atom is -0.273 e. The number of nitrogens with one attached hydrogen (secondary N) is 1. The summed E-state index contributed by atoms with van der Waals surface area (Å²) in [4.78, 5) is 17.2. The van der Waals surface area contributed by atoms with E-state index in [0.29, 0.717) is 6.42 Å². The van der Waals surface area contributed by atoms with Gasteiger partial charge in [-0.15, -0.1) is 11.3 Å². The zero-order chi connectivity index (χ0) is 19.2. The van der Waals surface area contributed by atoms with Crippen LogP contribution in [0.2, 0.25) is 0 Å². The van der Waals surface area contributed by atoms with Crippen LogP contribution in [0.4, 0.5) is 0 Å². The van der Waals surface area contributed by atoms with Gasteiger partial charge in [-0.1, -0.05) is 24.3 Å². The van der Waals surface area contributed by atoms with Crippen LogP contribution in [-0.2, 0) is 11.2 Å². The van der Waals surface area contributed by atoms with E-state index in [0.717, 1.165) is 27.4 Å². The lowest BCUT2D eigenvalue weighted by Gasteiger charge is -2.00. The molecule has 0 spiro atoms. The highest BCUT2D eigenvalue weighted by atomic mass is 32.1. The first-order valence-electron chi connectivity index (χ1n) is 8.69. The number of rotatable bonds is 6. The Kier molecular flexibility index (Phi) is 5.35. The van der Waals surface area contributed by atoms with Crippen LogP contribution < -0.4 is 5.43 Å². The molecule has 28 heavy (non-hydrogen) atoms. The van der Waals surface area contributed by atoms with Crippen molar-refractivity contribution in [3.63, 3.8) is 0 Å². The van der Waals surface area contributed by atoms with Crippen LogP contribution in [0.1, 0.15) is 10.4 Å². The molecule has 1 N–H and O–H groups in total. The number of nitrogens with zero attached hydrogens (tertiary/aromatic N) is 4. The summed E-state index contributed by atoms with van der Waals surface area (Å²) >= 11 is 1.55. The summed E-state index contributed by atoms with van der Waals surface area (Å²) in [6.07, 6.45) is 7.28. The van der Waals surface area contributed by atoms with E-state index >= 15 is 0 Å². The van der Waals surface area contributed by atoms with Crippen molar-refractivity contribution in [2.75, 3.05) is 0 Å². The second kappa shape index (κ2) is 8.41. The normalized spacial score (nSPS) is 11.0. The third kappa shape index (κ3) is 4.21. The van der Waals surface area contributed by atoms with Crippen LogP contribution in [0.15, 0.2) is 83.7 Å². The number of hydrogen-bond donors (Lipinski definition) is 1.